The van der Waals surface area contributed by atoms with Gasteiger partial charge in [-0.25, -0.2) is 4.39 Å². The van der Waals surface area contributed by atoms with Crippen molar-refractivity contribution in [3.63, 3.8) is 0 Å². The molecule has 0 aromatic heterocycles. The first-order valence-electron chi connectivity index (χ1n) is 12.3. The number of hydrogen-bond acceptors (Lipinski definition) is 3. The average molecular weight is 507 g/mol. The number of halogens is 2. The average Bonchev–Trinajstić information content (AvgIpc) is 2.90. The van der Waals surface area contributed by atoms with Gasteiger partial charge in [-0.1, -0.05) is 61.2 Å². The number of fused-ring (bicyclic) bond motifs is 1. The molecule has 2 amide bonds. The highest BCUT2D eigenvalue weighted by Gasteiger charge is 2.46. The summed E-state index contributed by atoms with van der Waals surface area (Å²) in [5.74, 6) is -0.821. The molecule has 0 unspecified atom stereocenters. The Morgan fingerprint density at radius 2 is 1.75 bits per heavy atom. The van der Waals surface area contributed by atoms with Crippen LogP contribution in [-0.2, 0) is 4.79 Å². The molecular formula is C29H28ClFN2O3. The van der Waals surface area contributed by atoms with E-state index >= 15 is 0 Å². The molecule has 7 heteroatoms. The van der Waals surface area contributed by atoms with Gasteiger partial charge in [0.25, 0.3) is 5.91 Å². The van der Waals surface area contributed by atoms with Gasteiger partial charge in [-0.05, 0) is 60.4 Å². The van der Waals surface area contributed by atoms with Gasteiger partial charge in [0.05, 0.1) is 29.8 Å². The molecule has 3 aromatic carbocycles. The van der Waals surface area contributed by atoms with Crippen LogP contribution in [0.3, 0.4) is 0 Å². The number of hydrogen-bond donors (Lipinski definition) is 1. The van der Waals surface area contributed by atoms with E-state index in [1.54, 1.807) is 13.2 Å². The van der Waals surface area contributed by atoms with E-state index in [0.29, 0.717) is 22.6 Å². The van der Waals surface area contributed by atoms with Gasteiger partial charge in [0.15, 0.2) is 0 Å². The van der Waals surface area contributed by atoms with Crippen LogP contribution in [0.4, 0.5) is 10.1 Å². The first-order chi connectivity index (χ1) is 17.5. The minimum absolute atomic E-state index is 0.0383. The Morgan fingerprint density at radius 1 is 1.03 bits per heavy atom. The van der Waals surface area contributed by atoms with Crippen molar-refractivity contribution in [3.8, 4) is 5.75 Å². The van der Waals surface area contributed by atoms with Crippen molar-refractivity contribution >= 4 is 29.1 Å². The predicted molar refractivity (Wildman–Crippen MR) is 138 cm³/mol. The quantitative estimate of drug-likeness (QED) is 0.417. The third-order valence-corrected chi connectivity index (χ3v) is 7.59. The fourth-order valence-corrected chi connectivity index (χ4v) is 5.77. The number of anilines is 1. The zero-order chi connectivity index (χ0) is 25.2. The number of carbonyl (C=O) groups is 2. The van der Waals surface area contributed by atoms with Crippen molar-refractivity contribution in [1.29, 1.82) is 0 Å². The lowest BCUT2D eigenvalue weighted by Gasteiger charge is -2.46. The fourth-order valence-electron chi connectivity index (χ4n) is 5.55. The molecule has 1 aliphatic heterocycles. The SMILES string of the molecule is COc1ccc([C@@H]2[C@@H](C(=O)Nc3ccc(F)cc3Cl)c3ccccc3C(=O)N2C2CCCCC2)cc1. The molecule has 1 fully saturated rings. The van der Waals surface area contributed by atoms with Crippen LogP contribution in [0.1, 0.15) is 65.5 Å². The molecule has 1 saturated carbocycles. The number of ether oxygens (including phenoxy) is 1. The lowest BCUT2D eigenvalue weighted by Crippen LogP contribution is -2.51. The molecule has 0 saturated heterocycles. The molecule has 186 valence electrons. The van der Waals surface area contributed by atoms with Crippen molar-refractivity contribution in [2.45, 2.75) is 50.1 Å². The second-order valence-electron chi connectivity index (χ2n) is 9.40. The Labute approximate surface area is 215 Å². The Kier molecular flexibility index (Phi) is 6.97. The number of nitrogens with one attached hydrogen (secondary N) is 1. The zero-order valence-corrected chi connectivity index (χ0v) is 20.8. The maximum absolute atomic E-state index is 14.0. The number of nitrogens with zero attached hydrogens (tertiary/aromatic N) is 1. The highest BCUT2D eigenvalue weighted by Crippen LogP contribution is 2.46. The minimum Gasteiger partial charge on any atom is -0.497 e. The van der Waals surface area contributed by atoms with Gasteiger partial charge < -0.3 is 15.0 Å². The van der Waals surface area contributed by atoms with Gasteiger partial charge in [-0.15, -0.1) is 0 Å². The van der Waals surface area contributed by atoms with Gasteiger partial charge in [0, 0.05) is 11.6 Å². The maximum Gasteiger partial charge on any atom is 0.254 e. The van der Waals surface area contributed by atoms with E-state index in [0.717, 1.165) is 37.7 Å². The predicted octanol–water partition coefficient (Wildman–Crippen LogP) is 6.74. The van der Waals surface area contributed by atoms with Gasteiger partial charge >= 0.3 is 0 Å². The van der Waals surface area contributed by atoms with Crippen LogP contribution in [-0.4, -0.2) is 29.9 Å². The minimum atomic E-state index is -0.685. The van der Waals surface area contributed by atoms with Gasteiger partial charge in [0.1, 0.15) is 11.6 Å². The molecular weight excluding hydrogens is 479 g/mol. The molecule has 2 aliphatic rings. The Balaban J connectivity index is 1.64. The van der Waals surface area contributed by atoms with Crippen LogP contribution in [0.15, 0.2) is 66.7 Å². The molecule has 1 heterocycles. The summed E-state index contributed by atoms with van der Waals surface area (Å²) in [4.78, 5) is 29.9. The van der Waals surface area contributed by atoms with Crippen LogP contribution >= 0.6 is 11.6 Å². The van der Waals surface area contributed by atoms with E-state index in [4.69, 9.17) is 16.3 Å². The van der Waals surface area contributed by atoms with Crippen LogP contribution in [0.5, 0.6) is 5.75 Å². The molecule has 5 nitrogen and oxygen atoms in total. The fraction of sp³-hybridized carbons (Fsp3) is 0.310. The van der Waals surface area contributed by atoms with Gasteiger partial charge in [0.2, 0.25) is 5.91 Å². The topological polar surface area (TPSA) is 58.6 Å². The number of benzene rings is 3. The number of amides is 2. The van der Waals surface area contributed by atoms with Crippen LogP contribution in [0, 0.1) is 5.82 Å². The summed E-state index contributed by atoms with van der Waals surface area (Å²) < 4.78 is 19.0. The number of methoxy groups -OCH3 is 1. The largest absolute Gasteiger partial charge is 0.497 e. The molecule has 1 aliphatic carbocycles. The van der Waals surface area contributed by atoms with E-state index in [1.165, 1.54) is 18.2 Å². The monoisotopic (exact) mass is 506 g/mol. The Hall–Kier alpha value is -3.38. The molecule has 1 N–H and O–H groups in total. The maximum atomic E-state index is 14.0. The smallest absolute Gasteiger partial charge is 0.254 e. The third-order valence-electron chi connectivity index (χ3n) is 7.27. The van der Waals surface area contributed by atoms with Gasteiger partial charge in [-0.3, -0.25) is 9.59 Å². The summed E-state index contributed by atoms with van der Waals surface area (Å²) in [6, 6.07) is 18.3. The summed E-state index contributed by atoms with van der Waals surface area (Å²) in [7, 11) is 1.60. The lowest BCUT2D eigenvalue weighted by atomic mass is 9.77. The van der Waals surface area contributed by atoms with E-state index in [1.807, 2.05) is 47.4 Å². The van der Waals surface area contributed by atoms with E-state index < -0.39 is 17.8 Å². The summed E-state index contributed by atoms with van der Waals surface area (Å²) in [5.41, 5.74) is 2.40. The van der Waals surface area contributed by atoms with Crippen LogP contribution < -0.4 is 10.1 Å². The first kappa shape index (κ1) is 24.3. The summed E-state index contributed by atoms with van der Waals surface area (Å²) in [6.07, 6.45) is 5.05. The van der Waals surface area contributed by atoms with Crippen molar-refractivity contribution in [2.24, 2.45) is 0 Å². The molecule has 0 radical (unpaired) electrons. The van der Waals surface area contributed by atoms with Crippen molar-refractivity contribution in [1.82, 2.24) is 4.90 Å². The second-order valence-corrected chi connectivity index (χ2v) is 9.81. The van der Waals surface area contributed by atoms with E-state index in [2.05, 4.69) is 5.32 Å². The highest BCUT2D eigenvalue weighted by atomic mass is 35.5. The lowest BCUT2D eigenvalue weighted by molar-refractivity contribution is -0.119. The standard InChI is InChI=1S/C29H28ClFN2O3/c1-36-21-14-11-18(12-15-21)27-26(28(34)32-25-16-13-19(31)17-24(25)30)22-9-5-6-10-23(22)29(35)33(27)20-7-3-2-4-8-20/h5-6,9-17,20,26-27H,2-4,7-8H2,1H3,(H,32,34)/t26-,27+/m0/s1. The number of carbonyl (C=O) groups excluding carboxylic acids is 2. The first-order valence-corrected chi connectivity index (χ1v) is 12.7. The van der Waals surface area contributed by atoms with Crippen LogP contribution in [0.25, 0.3) is 0 Å². The van der Waals surface area contributed by atoms with E-state index in [9.17, 15) is 14.0 Å². The third kappa shape index (κ3) is 4.58. The molecule has 0 bridgehead atoms. The second kappa shape index (κ2) is 10.3. The van der Waals surface area contributed by atoms with Crippen molar-refractivity contribution in [2.75, 3.05) is 12.4 Å². The summed E-state index contributed by atoms with van der Waals surface area (Å²) >= 11 is 6.24. The highest BCUT2D eigenvalue weighted by molar-refractivity contribution is 6.33. The van der Waals surface area contributed by atoms with E-state index in [-0.39, 0.29) is 22.9 Å². The Morgan fingerprint density at radius 3 is 2.44 bits per heavy atom. The van der Waals surface area contributed by atoms with Crippen molar-refractivity contribution < 1.29 is 18.7 Å². The molecule has 36 heavy (non-hydrogen) atoms. The normalized spacial score (nSPS) is 20.1. The molecule has 3 aromatic rings. The zero-order valence-electron chi connectivity index (χ0n) is 20.0. The Bertz CT molecular complexity index is 1270. The van der Waals surface area contributed by atoms with Crippen LogP contribution in [0.2, 0.25) is 5.02 Å². The van der Waals surface area contributed by atoms with Gasteiger partial charge in [-0.2, -0.15) is 0 Å². The molecule has 0 spiro atoms. The summed E-state index contributed by atoms with van der Waals surface area (Å²) in [6.45, 7) is 0. The van der Waals surface area contributed by atoms with Crippen molar-refractivity contribution in [3.05, 3.63) is 94.3 Å². The molecule has 2 atom stereocenters. The number of rotatable bonds is 5. The molecule has 5 rings (SSSR count). The summed E-state index contributed by atoms with van der Waals surface area (Å²) in [5, 5.41) is 3.03.